The van der Waals surface area contributed by atoms with Crippen molar-refractivity contribution < 1.29 is 14.3 Å². The molecule has 0 aliphatic heterocycles. The van der Waals surface area contributed by atoms with Crippen LogP contribution >= 0.6 is 0 Å². The quantitative estimate of drug-likeness (QED) is 0.220. The number of benzene rings is 2. The highest BCUT2D eigenvalue weighted by molar-refractivity contribution is 5.71. The van der Waals surface area contributed by atoms with Crippen molar-refractivity contribution in [1.82, 2.24) is 0 Å². The fourth-order valence-electron chi connectivity index (χ4n) is 4.36. The number of allylic oxidation sites excluding steroid dienone is 2. The largest absolute Gasteiger partial charge is 0.513 e. The van der Waals surface area contributed by atoms with Crippen LogP contribution in [0, 0.1) is 5.92 Å². The number of ether oxygens (including phenoxy) is 2. The molecule has 0 bridgehead atoms. The van der Waals surface area contributed by atoms with E-state index in [2.05, 4.69) is 42.0 Å². The highest BCUT2D eigenvalue weighted by Gasteiger charge is 2.15. The number of carbonyl (C=O) groups excluding carboxylic acids is 1. The minimum absolute atomic E-state index is 0.482. The molecule has 0 spiro atoms. The SMILES string of the molecule is CCCCCCCCC1CC=C(c2ccc(-c3ccc(OC(=O)OC)cc3)cc2)CC1. The summed E-state index contributed by atoms with van der Waals surface area (Å²) in [6.07, 6.45) is 15.3. The van der Waals surface area contributed by atoms with Crippen LogP contribution < -0.4 is 4.74 Å². The smallest absolute Gasteiger partial charge is 0.437 e. The Bertz CT molecular complexity index is 834. The lowest BCUT2D eigenvalue weighted by atomic mass is 9.83. The maximum Gasteiger partial charge on any atom is 0.513 e. The molecule has 0 N–H and O–H groups in total. The van der Waals surface area contributed by atoms with Gasteiger partial charge >= 0.3 is 6.16 Å². The molecule has 166 valence electrons. The van der Waals surface area contributed by atoms with E-state index in [0.717, 1.165) is 17.0 Å². The molecule has 0 aromatic heterocycles. The van der Waals surface area contributed by atoms with E-state index in [1.54, 1.807) is 12.1 Å². The first-order valence-electron chi connectivity index (χ1n) is 11.8. The molecule has 3 nitrogen and oxygen atoms in total. The molecule has 0 radical (unpaired) electrons. The zero-order valence-electron chi connectivity index (χ0n) is 19.1. The topological polar surface area (TPSA) is 35.5 Å². The maximum absolute atomic E-state index is 11.2. The molecule has 0 saturated heterocycles. The van der Waals surface area contributed by atoms with Gasteiger partial charge in [0.1, 0.15) is 5.75 Å². The standard InChI is InChI=1S/C28H36O3/c1-3-4-5-6-7-8-9-22-10-12-23(13-11-22)24-14-16-25(17-15-24)26-18-20-27(21-19-26)31-28(29)30-2/h12,14-22H,3-11,13H2,1-2H3. The summed E-state index contributed by atoms with van der Waals surface area (Å²) < 4.78 is 9.56. The Morgan fingerprint density at radius 3 is 2.10 bits per heavy atom. The van der Waals surface area contributed by atoms with Crippen molar-refractivity contribution in [3.05, 3.63) is 60.2 Å². The molecule has 2 aromatic carbocycles. The van der Waals surface area contributed by atoms with E-state index in [1.165, 1.54) is 82.5 Å². The molecule has 31 heavy (non-hydrogen) atoms. The Kier molecular flexibility index (Phi) is 9.20. The average molecular weight is 421 g/mol. The summed E-state index contributed by atoms with van der Waals surface area (Å²) in [5, 5.41) is 0. The first kappa shape index (κ1) is 23.1. The van der Waals surface area contributed by atoms with Gasteiger partial charge in [0, 0.05) is 0 Å². The molecule has 1 atom stereocenters. The van der Waals surface area contributed by atoms with Gasteiger partial charge in [0.25, 0.3) is 0 Å². The van der Waals surface area contributed by atoms with Crippen LogP contribution in [0.3, 0.4) is 0 Å². The Balaban J connectivity index is 1.49. The molecule has 2 aromatic rings. The van der Waals surface area contributed by atoms with Crippen LogP contribution in [-0.2, 0) is 4.74 Å². The summed E-state index contributed by atoms with van der Waals surface area (Å²) in [7, 11) is 1.30. The van der Waals surface area contributed by atoms with Gasteiger partial charge in [-0.3, -0.25) is 0 Å². The van der Waals surface area contributed by atoms with Gasteiger partial charge in [-0.2, -0.15) is 0 Å². The Morgan fingerprint density at radius 1 is 0.871 bits per heavy atom. The van der Waals surface area contributed by atoms with Crippen molar-refractivity contribution in [3.63, 3.8) is 0 Å². The van der Waals surface area contributed by atoms with E-state index in [0.29, 0.717) is 5.75 Å². The van der Waals surface area contributed by atoms with Gasteiger partial charge in [-0.05, 0) is 59.6 Å². The van der Waals surface area contributed by atoms with Crippen LogP contribution in [0.4, 0.5) is 4.79 Å². The zero-order valence-corrected chi connectivity index (χ0v) is 19.1. The molecule has 3 heteroatoms. The van der Waals surface area contributed by atoms with E-state index in [1.807, 2.05) is 12.1 Å². The molecular weight excluding hydrogens is 384 g/mol. The van der Waals surface area contributed by atoms with Crippen LogP contribution in [0.1, 0.15) is 76.7 Å². The van der Waals surface area contributed by atoms with Gasteiger partial charge in [0.05, 0.1) is 7.11 Å². The number of hydrogen-bond donors (Lipinski definition) is 0. The van der Waals surface area contributed by atoms with Crippen LogP contribution in [0.25, 0.3) is 16.7 Å². The van der Waals surface area contributed by atoms with Gasteiger partial charge in [-0.15, -0.1) is 0 Å². The molecular formula is C28H36O3. The molecule has 3 rings (SSSR count). The number of unbranched alkanes of at least 4 members (excludes halogenated alkanes) is 5. The van der Waals surface area contributed by atoms with Gasteiger partial charge < -0.3 is 9.47 Å². The monoisotopic (exact) mass is 420 g/mol. The lowest BCUT2D eigenvalue weighted by Crippen LogP contribution is -2.06. The first-order valence-corrected chi connectivity index (χ1v) is 11.8. The van der Waals surface area contributed by atoms with E-state index in [4.69, 9.17) is 4.74 Å². The van der Waals surface area contributed by atoms with Crippen LogP contribution in [0.2, 0.25) is 0 Å². The van der Waals surface area contributed by atoms with Gasteiger partial charge in [-0.25, -0.2) is 4.79 Å². The highest BCUT2D eigenvalue weighted by atomic mass is 16.7. The predicted octanol–water partition coefficient (Wildman–Crippen LogP) is 8.43. The lowest BCUT2D eigenvalue weighted by molar-refractivity contribution is 0.121. The van der Waals surface area contributed by atoms with E-state index in [9.17, 15) is 4.79 Å². The summed E-state index contributed by atoms with van der Waals surface area (Å²) in [5.41, 5.74) is 5.09. The van der Waals surface area contributed by atoms with Gasteiger partial charge in [0.2, 0.25) is 0 Å². The minimum Gasteiger partial charge on any atom is -0.437 e. The molecule has 0 amide bonds. The second-order valence-electron chi connectivity index (χ2n) is 8.58. The summed E-state index contributed by atoms with van der Waals surface area (Å²) in [5.74, 6) is 1.36. The highest BCUT2D eigenvalue weighted by Crippen LogP contribution is 2.34. The summed E-state index contributed by atoms with van der Waals surface area (Å²) in [4.78, 5) is 11.2. The van der Waals surface area contributed by atoms with Crippen molar-refractivity contribution in [2.45, 2.75) is 71.1 Å². The number of carbonyl (C=O) groups is 1. The lowest BCUT2D eigenvalue weighted by Gasteiger charge is -2.22. The fraction of sp³-hybridized carbons (Fsp3) is 0.464. The third-order valence-electron chi connectivity index (χ3n) is 6.30. The van der Waals surface area contributed by atoms with Crippen molar-refractivity contribution in [2.24, 2.45) is 5.92 Å². The third-order valence-corrected chi connectivity index (χ3v) is 6.30. The second-order valence-corrected chi connectivity index (χ2v) is 8.58. The number of methoxy groups -OCH3 is 1. The second kappa shape index (κ2) is 12.3. The van der Waals surface area contributed by atoms with E-state index < -0.39 is 6.16 Å². The Labute approximate surface area is 187 Å². The molecule has 0 heterocycles. The molecule has 1 unspecified atom stereocenters. The summed E-state index contributed by atoms with van der Waals surface area (Å²) in [6.45, 7) is 2.28. The van der Waals surface area contributed by atoms with Crippen LogP contribution in [-0.4, -0.2) is 13.3 Å². The van der Waals surface area contributed by atoms with Crippen molar-refractivity contribution in [2.75, 3.05) is 7.11 Å². The number of rotatable bonds is 10. The maximum atomic E-state index is 11.2. The summed E-state index contributed by atoms with van der Waals surface area (Å²) in [6, 6.07) is 16.3. The Hall–Kier alpha value is -2.55. The number of hydrogen-bond acceptors (Lipinski definition) is 3. The van der Waals surface area contributed by atoms with Crippen LogP contribution in [0.15, 0.2) is 54.6 Å². The molecule has 1 aliphatic rings. The van der Waals surface area contributed by atoms with Gasteiger partial charge in [-0.1, -0.05) is 94.3 Å². The first-order chi connectivity index (χ1) is 15.2. The van der Waals surface area contributed by atoms with Gasteiger partial charge in [0.15, 0.2) is 0 Å². The van der Waals surface area contributed by atoms with E-state index in [-0.39, 0.29) is 0 Å². The van der Waals surface area contributed by atoms with Crippen molar-refractivity contribution in [3.8, 4) is 16.9 Å². The van der Waals surface area contributed by atoms with E-state index >= 15 is 0 Å². The van der Waals surface area contributed by atoms with Crippen LogP contribution in [0.5, 0.6) is 5.75 Å². The fourth-order valence-corrected chi connectivity index (χ4v) is 4.36. The summed E-state index contributed by atoms with van der Waals surface area (Å²) >= 11 is 0. The third kappa shape index (κ3) is 7.27. The van der Waals surface area contributed by atoms with Crippen molar-refractivity contribution >= 4 is 11.7 Å². The molecule has 1 aliphatic carbocycles. The average Bonchev–Trinajstić information content (AvgIpc) is 2.82. The zero-order chi connectivity index (χ0) is 21.9. The minimum atomic E-state index is -0.702. The normalized spacial score (nSPS) is 15.9. The Morgan fingerprint density at radius 2 is 1.48 bits per heavy atom. The van der Waals surface area contributed by atoms with Crippen molar-refractivity contribution in [1.29, 1.82) is 0 Å². The predicted molar refractivity (Wildman–Crippen MR) is 128 cm³/mol. The molecule has 0 saturated carbocycles. The molecule has 0 fully saturated rings.